The van der Waals surface area contributed by atoms with E-state index in [2.05, 4.69) is 50.5 Å². The number of rotatable bonds is 6. The first-order valence-corrected chi connectivity index (χ1v) is 7.81. The summed E-state index contributed by atoms with van der Waals surface area (Å²) in [5.41, 5.74) is 0. The van der Waals surface area contributed by atoms with Crippen molar-refractivity contribution in [3.63, 3.8) is 0 Å². The van der Waals surface area contributed by atoms with Crippen LogP contribution >= 0.6 is 50.5 Å². The summed E-state index contributed by atoms with van der Waals surface area (Å²) in [7, 11) is -3.05. The van der Waals surface area contributed by atoms with Gasteiger partial charge in [-0.25, -0.2) is 8.42 Å². The van der Waals surface area contributed by atoms with E-state index in [1.165, 1.54) is 0 Å². The first-order chi connectivity index (χ1) is 5.91. The summed E-state index contributed by atoms with van der Waals surface area (Å²) >= 11 is 16.1. The van der Waals surface area contributed by atoms with Crippen LogP contribution in [0, 0.1) is 0 Å². The van der Waals surface area contributed by atoms with Crippen LogP contribution in [0.1, 0.15) is 0 Å². The molecule has 7 heteroatoms. The maximum absolute atomic E-state index is 11.4. The summed E-state index contributed by atoms with van der Waals surface area (Å²) in [4.78, 5) is 0. The second kappa shape index (κ2) is 6.76. The van der Waals surface area contributed by atoms with Crippen molar-refractivity contribution in [2.24, 2.45) is 0 Å². The van der Waals surface area contributed by atoms with E-state index in [0.717, 1.165) is 0 Å². The molecule has 0 radical (unpaired) electrons. The molecule has 0 aliphatic heterocycles. The van der Waals surface area contributed by atoms with Gasteiger partial charge < -0.3 is 0 Å². The molecular formula is C6H14O2S5. The molecule has 0 heterocycles. The fourth-order valence-electron chi connectivity index (χ4n) is 0.760. The number of hydrogen-bond acceptors (Lipinski definition) is 6. The van der Waals surface area contributed by atoms with Crippen LogP contribution in [-0.4, -0.2) is 41.9 Å². The second-order valence-electron chi connectivity index (χ2n) is 2.75. The van der Waals surface area contributed by atoms with Gasteiger partial charge in [-0.3, -0.25) is 0 Å². The van der Waals surface area contributed by atoms with Crippen molar-refractivity contribution < 1.29 is 8.42 Å². The largest absolute Gasteiger partial charge is 0.229 e. The zero-order valence-corrected chi connectivity index (χ0v) is 11.4. The molecule has 0 saturated heterocycles. The van der Waals surface area contributed by atoms with Gasteiger partial charge in [-0.15, -0.1) is 0 Å². The Balaban J connectivity index is 4.09. The number of hydrogen-bond donors (Lipinski definition) is 4. The van der Waals surface area contributed by atoms with Gasteiger partial charge in [0.15, 0.2) is 9.84 Å². The first-order valence-electron chi connectivity index (χ1n) is 3.69. The van der Waals surface area contributed by atoms with E-state index in [9.17, 15) is 8.42 Å². The molecule has 0 N–H and O–H groups in total. The molecule has 0 fully saturated rings. The van der Waals surface area contributed by atoms with Crippen LogP contribution in [0.15, 0.2) is 0 Å². The van der Waals surface area contributed by atoms with Crippen LogP contribution in [-0.2, 0) is 9.84 Å². The van der Waals surface area contributed by atoms with Gasteiger partial charge in [0.25, 0.3) is 0 Å². The lowest BCUT2D eigenvalue weighted by Gasteiger charge is -2.11. The lowest BCUT2D eigenvalue weighted by Crippen LogP contribution is -2.25. The van der Waals surface area contributed by atoms with E-state index in [-0.39, 0.29) is 22.0 Å². The van der Waals surface area contributed by atoms with Gasteiger partial charge in [0.2, 0.25) is 0 Å². The molecule has 0 bridgehead atoms. The Morgan fingerprint density at radius 2 is 1.23 bits per heavy atom. The zero-order chi connectivity index (χ0) is 10.5. The number of sulfone groups is 1. The Kier molecular flexibility index (Phi) is 7.47. The fourth-order valence-corrected chi connectivity index (χ4v) is 4.27. The smallest absolute Gasteiger partial charge is 0.152 e. The predicted molar refractivity (Wildman–Crippen MR) is 71.9 cm³/mol. The molecule has 0 amide bonds. The molecule has 0 aromatic rings. The third kappa shape index (κ3) is 7.30. The topological polar surface area (TPSA) is 34.1 Å². The Hall–Kier alpha value is 1.35. The monoisotopic (exact) mass is 278 g/mol. The SMILES string of the molecule is O=S(=O)(CC(S)CS)CC(S)CS. The van der Waals surface area contributed by atoms with Crippen LogP contribution < -0.4 is 0 Å². The fraction of sp³-hybridized carbons (Fsp3) is 1.00. The molecule has 0 aromatic heterocycles. The molecule has 80 valence electrons. The molecule has 0 rings (SSSR count). The third-order valence-corrected chi connectivity index (χ3v) is 5.82. The van der Waals surface area contributed by atoms with Crippen LogP contribution in [0.25, 0.3) is 0 Å². The van der Waals surface area contributed by atoms with Gasteiger partial charge in [0.05, 0.1) is 11.5 Å². The van der Waals surface area contributed by atoms with Crippen molar-refractivity contribution in [2.75, 3.05) is 23.0 Å². The highest BCUT2D eigenvalue weighted by molar-refractivity contribution is 7.94. The van der Waals surface area contributed by atoms with E-state index >= 15 is 0 Å². The highest BCUT2D eigenvalue weighted by Gasteiger charge is 2.18. The third-order valence-electron chi connectivity index (χ3n) is 1.31. The summed E-state index contributed by atoms with van der Waals surface area (Å²) in [6.45, 7) is 0. The van der Waals surface area contributed by atoms with Gasteiger partial charge in [0.1, 0.15) is 0 Å². The standard InChI is InChI=1S/C6H14O2S5/c7-13(8,3-5(11)1-9)4-6(12)2-10/h5-6,9-12H,1-4H2. The van der Waals surface area contributed by atoms with E-state index in [1.807, 2.05) is 0 Å². The molecule has 2 unspecified atom stereocenters. The minimum atomic E-state index is -3.05. The molecule has 0 aliphatic carbocycles. The molecule has 0 spiro atoms. The molecule has 2 atom stereocenters. The Morgan fingerprint density at radius 3 is 1.46 bits per heavy atom. The van der Waals surface area contributed by atoms with Crippen molar-refractivity contribution in [3.05, 3.63) is 0 Å². The average Bonchev–Trinajstić information content (AvgIpc) is 2.02. The van der Waals surface area contributed by atoms with Crippen LogP contribution in [0.2, 0.25) is 0 Å². The van der Waals surface area contributed by atoms with Crippen molar-refractivity contribution in [2.45, 2.75) is 10.5 Å². The Bertz CT molecular complexity index is 207. The molecule has 13 heavy (non-hydrogen) atoms. The Morgan fingerprint density at radius 1 is 0.923 bits per heavy atom. The molecule has 0 aliphatic rings. The van der Waals surface area contributed by atoms with Crippen molar-refractivity contribution >= 4 is 60.4 Å². The van der Waals surface area contributed by atoms with Crippen molar-refractivity contribution in [1.82, 2.24) is 0 Å². The van der Waals surface area contributed by atoms with E-state index in [0.29, 0.717) is 11.5 Å². The molecule has 0 aromatic carbocycles. The molecular weight excluding hydrogens is 264 g/mol. The van der Waals surface area contributed by atoms with Crippen molar-refractivity contribution in [1.29, 1.82) is 0 Å². The van der Waals surface area contributed by atoms with Gasteiger partial charge in [0, 0.05) is 22.0 Å². The molecule has 2 nitrogen and oxygen atoms in total. The van der Waals surface area contributed by atoms with E-state index < -0.39 is 9.84 Å². The van der Waals surface area contributed by atoms with Crippen LogP contribution in [0.4, 0.5) is 0 Å². The minimum absolute atomic E-state index is 0.0600. The van der Waals surface area contributed by atoms with E-state index in [4.69, 9.17) is 0 Å². The maximum Gasteiger partial charge on any atom is 0.152 e. The van der Waals surface area contributed by atoms with Gasteiger partial charge in [-0.05, 0) is 0 Å². The Labute approximate surface area is 102 Å². The normalized spacial score (nSPS) is 16.9. The van der Waals surface area contributed by atoms with Gasteiger partial charge >= 0.3 is 0 Å². The van der Waals surface area contributed by atoms with E-state index in [1.54, 1.807) is 0 Å². The lowest BCUT2D eigenvalue weighted by atomic mass is 10.5. The highest BCUT2D eigenvalue weighted by atomic mass is 32.2. The van der Waals surface area contributed by atoms with Gasteiger partial charge in [-0.1, -0.05) is 0 Å². The predicted octanol–water partition coefficient (Wildman–Crippen LogP) is 0.858. The number of thiol groups is 4. The highest BCUT2D eigenvalue weighted by Crippen LogP contribution is 2.08. The van der Waals surface area contributed by atoms with Crippen LogP contribution in [0.3, 0.4) is 0 Å². The van der Waals surface area contributed by atoms with Crippen molar-refractivity contribution in [3.8, 4) is 0 Å². The summed E-state index contributed by atoms with van der Waals surface area (Å²) in [6, 6.07) is 0. The lowest BCUT2D eigenvalue weighted by molar-refractivity contribution is 0.595. The van der Waals surface area contributed by atoms with Gasteiger partial charge in [-0.2, -0.15) is 50.5 Å². The summed E-state index contributed by atoms with van der Waals surface area (Å²) in [5, 5.41) is -0.400. The minimum Gasteiger partial charge on any atom is -0.229 e. The zero-order valence-electron chi connectivity index (χ0n) is 7.00. The second-order valence-corrected chi connectivity index (χ2v) is 7.09. The first kappa shape index (κ1) is 14.3. The quantitative estimate of drug-likeness (QED) is 0.544. The average molecular weight is 279 g/mol. The molecule has 0 saturated carbocycles. The summed E-state index contributed by atoms with van der Waals surface area (Å²) < 4.78 is 22.8. The maximum atomic E-state index is 11.4. The summed E-state index contributed by atoms with van der Waals surface area (Å²) in [6.07, 6.45) is 0. The van der Waals surface area contributed by atoms with Crippen LogP contribution in [0.5, 0.6) is 0 Å². The summed E-state index contributed by atoms with van der Waals surface area (Å²) in [5.74, 6) is 1.04.